The number of nitrogens with one attached hydrogen (secondary N) is 1. The van der Waals surface area contributed by atoms with Crippen LogP contribution in [0, 0.1) is 5.92 Å². The molecule has 0 bridgehead atoms. The average Bonchev–Trinajstić information content (AvgIpc) is 2.37. The van der Waals surface area contributed by atoms with Crippen molar-refractivity contribution in [1.82, 2.24) is 5.32 Å². The minimum atomic E-state index is -3.23. The summed E-state index contributed by atoms with van der Waals surface area (Å²) in [4.78, 5) is 12.3. The Bertz CT molecular complexity index is 552. The zero-order chi connectivity index (χ0) is 15.3. The van der Waals surface area contributed by atoms with Gasteiger partial charge in [0.1, 0.15) is 0 Å². The van der Waals surface area contributed by atoms with Gasteiger partial charge in [0.05, 0.1) is 4.90 Å². The van der Waals surface area contributed by atoms with Crippen LogP contribution in [0.1, 0.15) is 30.6 Å². The van der Waals surface area contributed by atoms with Gasteiger partial charge < -0.3 is 5.32 Å². The molecule has 0 heterocycles. The smallest absolute Gasteiger partial charge is 0.251 e. The molecule has 0 saturated heterocycles. The van der Waals surface area contributed by atoms with E-state index in [9.17, 15) is 13.2 Å². The van der Waals surface area contributed by atoms with E-state index in [-0.39, 0.29) is 16.8 Å². The largest absolute Gasteiger partial charge is 0.349 e. The minimum Gasteiger partial charge on any atom is -0.349 e. The first-order chi connectivity index (χ1) is 9.25. The van der Waals surface area contributed by atoms with Crippen LogP contribution in [0.3, 0.4) is 0 Å². The monoisotopic (exact) mass is 361 g/mol. The average molecular weight is 362 g/mol. The van der Waals surface area contributed by atoms with E-state index in [1.165, 1.54) is 24.3 Å². The SMILES string of the molecule is CC(C)C(CCBr)NC(=O)c1ccc(S(C)(=O)=O)cc1. The van der Waals surface area contributed by atoms with Gasteiger partial charge in [0.25, 0.3) is 5.91 Å². The van der Waals surface area contributed by atoms with Crippen molar-refractivity contribution >= 4 is 31.7 Å². The molecule has 1 N–H and O–H groups in total. The first-order valence-corrected chi connectivity index (χ1v) is 9.44. The summed E-state index contributed by atoms with van der Waals surface area (Å²) in [7, 11) is -3.23. The standard InChI is InChI=1S/C14H20BrNO3S/c1-10(2)13(8-9-15)16-14(17)11-4-6-12(7-5-11)20(3,18)19/h4-7,10,13H,8-9H2,1-3H3,(H,16,17). The van der Waals surface area contributed by atoms with Crippen molar-refractivity contribution in [3.63, 3.8) is 0 Å². The molecule has 0 aromatic heterocycles. The van der Waals surface area contributed by atoms with Crippen LogP contribution >= 0.6 is 15.9 Å². The van der Waals surface area contributed by atoms with E-state index >= 15 is 0 Å². The van der Waals surface area contributed by atoms with Gasteiger partial charge in [-0.1, -0.05) is 29.8 Å². The highest BCUT2D eigenvalue weighted by Gasteiger charge is 2.17. The summed E-state index contributed by atoms with van der Waals surface area (Å²) in [6.45, 7) is 4.11. The molecule has 0 aliphatic carbocycles. The molecule has 1 unspecified atom stereocenters. The van der Waals surface area contributed by atoms with Crippen LogP contribution in [0.2, 0.25) is 0 Å². The number of rotatable bonds is 6. The Morgan fingerprint density at radius 2 is 1.80 bits per heavy atom. The summed E-state index contributed by atoms with van der Waals surface area (Å²) in [5.74, 6) is 0.163. The van der Waals surface area contributed by atoms with Gasteiger partial charge in [0.15, 0.2) is 9.84 Å². The zero-order valence-corrected chi connectivity index (χ0v) is 14.3. The Morgan fingerprint density at radius 3 is 2.20 bits per heavy atom. The van der Waals surface area contributed by atoms with Crippen molar-refractivity contribution in [1.29, 1.82) is 0 Å². The Balaban J connectivity index is 2.82. The van der Waals surface area contributed by atoms with Crippen molar-refractivity contribution in [2.24, 2.45) is 5.92 Å². The molecule has 1 amide bonds. The first-order valence-electron chi connectivity index (χ1n) is 6.42. The lowest BCUT2D eigenvalue weighted by molar-refractivity contribution is 0.0925. The number of amides is 1. The molecule has 0 aliphatic heterocycles. The summed E-state index contributed by atoms with van der Waals surface area (Å²) < 4.78 is 22.7. The second-order valence-corrected chi connectivity index (χ2v) is 7.91. The quantitative estimate of drug-likeness (QED) is 0.792. The van der Waals surface area contributed by atoms with Gasteiger partial charge in [0.2, 0.25) is 0 Å². The minimum absolute atomic E-state index is 0.0939. The van der Waals surface area contributed by atoms with E-state index < -0.39 is 9.84 Å². The van der Waals surface area contributed by atoms with E-state index in [1.807, 2.05) is 0 Å². The summed E-state index contributed by atoms with van der Waals surface area (Å²) in [6, 6.07) is 6.09. The Kier molecular flexibility index (Phi) is 6.20. The third-order valence-corrected chi connectivity index (χ3v) is 4.67. The van der Waals surface area contributed by atoms with Crippen LogP contribution in [0.15, 0.2) is 29.2 Å². The highest BCUT2D eigenvalue weighted by atomic mass is 79.9. The molecule has 1 aromatic rings. The normalized spacial score (nSPS) is 13.2. The molecular weight excluding hydrogens is 342 g/mol. The van der Waals surface area contributed by atoms with Crippen molar-refractivity contribution in [2.45, 2.75) is 31.2 Å². The Morgan fingerprint density at radius 1 is 1.25 bits per heavy atom. The fraction of sp³-hybridized carbons (Fsp3) is 0.500. The van der Waals surface area contributed by atoms with Crippen LogP contribution < -0.4 is 5.32 Å². The lowest BCUT2D eigenvalue weighted by Crippen LogP contribution is -2.38. The molecule has 6 heteroatoms. The van der Waals surface area contributed by atoms with E-state index in [1.54, 1.807) is 0 Å². The van der Waals surface area contributed by atoms with Crippen LogP contribution in [-0.2, 0) is 9.84 Å². The van der Waals surface area contributed by atoms with Crippen LogP contribution in [0.5, 0.6) is 0 Å². The van der Waals surface area contributed by atoms with Gasteiger partial charge >= 0.3 is 0 Å². The topological polar surface area (TPSA) is 63.2 Å². The van der Waals surface area contributed by atoms with Crippen LogP contribution in [0.4, 0.5) is 0 Å². The molecule has 1 rings (SSSR count). The van der Waals surface area contributed by atoms with Crippen LogP contribution in [-0.4, -0.2) is 32.0 Å². The number of hydrogen-bond acceptors (Lipinski definition) is 3. The zero-order valence-electron chi connectivity index (χ0n) is 11.9. The van der Waals surface area contributed by atoms with Crippen molar-refractivity contribution in [3.05, 3.63) is 29.8 Å². The number of sulfone groups is 1. The maximum atomic E-state index is 12.1. The molecule has 0 saturated carbocycles. The molecule has 0 spiro atoms. The summed E-state index contributed by atoms with van der Waals surface area (Å²) in [5, 5.41) is 3.80. The molecule has 1 atom stereocenters. The molecule has 112 valence electrons. The maximum absolute atomic E-state index is 12.1. The second kappa shape index (κ2) is 7.22. The summed E-state index contributed by atoms with van der Waals surface area (Å²) in [5.41, 5.74) is 0.470. The molecule has 0 fully saturated rings. The van der Waals surface area contributed by atoms with Gasteiger partial charge in [-0.25, -0.2) is 8.42 Å². The van der Waals surface area contributed by atoms with Crippen molar-refractivity contribution in [3.8, 4) is 0 Å². The molecule has 0 radical (unpaired) electrons. The van der Waals surface area contributed by atoms with Gasteiger partial charge in [0, 0.05) is 23.2 Å². The van der Waals surface area contributed by atoms with E-state index in [4.69, 9.17) is 0 Å². The highest BCUT2D eigenvalue weighted by molar-refractivity contribution is 9.09. The second-order valence-electron chi connectivity index (χ2n) is 5.10. The van der Waals surface area contributed by atoms with E-state index in [2.05, 4.69) is 35.1 Å². The fourth-order valence-corrected chi connectivity index (χ4v) is 2.92. The van der Waals surface area contributed by atoms with Gasteiger partial charge in [-0.2, -0.15) is 0 Å². The Labute approximate surface area is 129 Å². The maximum Gasteiger partial charge on any atom is 0.251 e. The van der Waals surface area contributed by atoms with Gasteiger partial charge in [-0.3, -0.25) is 4.79 Å². The number of alkyl halides is 1. The predicted molar refractivity (Wildman–Crippen MR) is 84.1 cm³/mol. The molecule has 0 aliphatic rings. The number of halogens is 1. The number of benzene rings is 1. The van der Waals surface area contributed by atoms with Gasteiger partial charge in [-0.15, -0.1) is 0 Å². The van der Waals surface area contributed by atoms with Crippen molar-refractivity contribution < 1.29 is 13.2 Å². The summed E-state index contributed by atoms with van der Waals surface area (Å²) in [6.07, 6.45) is 2.00. The lowest BCUT2D eigenvalue weighted by atomic mass is 10.0. The lowest BCUT2D eigenvalue weighted by Gasteiger charge is -2.21. The molecular formula is C14H20BrNO3S. The predicted octanol–water partition coefficient (Wildman–Crippen LogP) is 2.63. The molecule has 4 nitrogen and oxygen atoms in total. The summed E-state index contributed by atoms with van der Waals surface area (Å²) >= 11 is 3.38. The third-order valence-electron chi connectivity index (χ3n) is 3.09. The molecule has 20 heavy (non-hydrogen) atoms. The number of carbonyl (C=O) groups is 1. The van der Waals surface area contributed by atoms with Crippen molar-refractivity contribution in [2.75, 3.05) is 11.6 Å². The molecule has 1 aromatic carbocycles. The number of carbonyl (C=O) groups excluding carboxylic acids is 1. The van der Waals surface area contributed by atoms with Crippen LogP contribution in [0.25, 0.3) is 0 Å². The van der Waals surface area contributed by atoms with E-state index in [0.717, 1.165) is 18.0 Å². The van der Waals surface area contributed by atoms with E-state index in [0.29, 0.717) is 11.5 Å². The van der Waals surface area contributed by atoms with Gasteiger partial charge in [-0.05, 0) is 36.6 Å². The first kappa shape index (κ1) is 17.2. The third kappa shape index (κ3) is 4.90. The Hall–Kier alpha value is -0.880. The fourth-order valence-electron chi connectivity index (χ4n) is 1.79. The number of hydrogen-bond donors (Lipinski definition) is 1. The highest BCUT2D eigenvalue weighted by Crippen LogP contribution is 2.12.